The molecule has 3 aromatic rings. The third-order valence-corrected chi connectivity index (χ3v) is 9.06. The number of methoxy groups -OCH3 is 1. The van der Waals surface area contributed by atoms with Gasteiger partial charge in [-0.25, -0.2) is 8.42 Å². The molecule has 13 heteroatoms. The molecule has 0 aliphatic rings. The molecule has 0 aromatic heterocycles. The Morgan fingerprint density at radius 3 is 2.23 bits per heavy atom. The van der Waals surface area contributed by atoms with Crippen LogP contribution >= 0.6 is 11.6 Å². The second-order valence-corrected chi connectivity index (χ2v) is 12.4. The smallest absolute Gasteiger partial charge is 0.417 e. The first-order valence-corrected chi connectivity index (χ1v) is 15.7. The van der Waals surface area contributed by atoms with Gasteiger partial charge in [-0.2, -0.15) is 13.2 Å². The molecule has 0 heterocycles. The summed E-state index contributed by atoms with van der Waals surface area (Å²) in [5.74, 6) is -0.701. The lowest BCUT2D eigenvalue weighted by atomic mass is 10.1. The molecule has 1 atom stereocenters. The van der Waals surface area contributed by atoms with E-state index in [0.717, 1.165) is 24.1 Å². The van der Waals surface area contributed by atoms with Crippen LogP contribution in [0.15, 0.2) is 71.6 Å². The maximum Gasteiger partial charge on any atom is 0.417 e. The topological polar surface area (TPSA) is 96.0 Å². The number of benzene rings is 3. The van der Waals surface area contributed by atoms with Gasteiger partial charge in [0.05, 0.1) is 28.3 Å². The van der Waals surface area contributed by atoms with Crippen LogP contribution in [-0.2, 0) is 32.3 Å². The molecule has 0 spiro atoms. The van der Waals surface area contributed by atoms with Crippen molar-refractivity contribution in [2.75, 3.05) is 24.5 Å². The van der Waals surface area contributed by atoms with E-state index < -0.39 is 56.9 Å². The van der Waals surface area contributed by atoms with Crippen molar-refractivity contribution in [2.45, 2.75) is 57.3 Å². The fourth-order valence-corrected chi connectivity index (χ4v) is 5.93. The maximum atomic E-state index is 14.0. The quantitative estimate of drug-likeness (QED) is 0.222. The van der Waals surface area contributed by atoms with Crippen LogP contribution in [0.3, 0.4) is 0 Å². The van der Waals surface area contributed by atoms with E-state index in [9.17, 15) is 31.2 Å². The first kappa shape index (κ1) is 34.7. The summed E-state index contributed by atoms with van der Waals surface area (Å²) in [5, 5.41) is 2.15. The highest BCUT2D eigenvalue weighted by Crippen LogP contribution is 2.38. The zero-order valence-electron chi connectivity index (χ0n) is 24.8. The van der Waals surface area contributed by atoms with Gasteiger partial charge in [-0.3, -0.25) is 13.9 Å². The summed E-state index contributed by atoms with van der Waals surface area (Å²) < 4.78 is 74.9. The monoisotopic (exact) mass is 653 g/mol. The van der Waals surface area contributed by atoms with Crippen molar-refractivity contribution in [3.8, 4) is 5.75 Å². The van der Waals surface area contributed by atoms with Crippen molar-refractivity contribution in [2.24, 2.45) is 0 Å². The minimum Gasteiger partial charge on any atom is -0.497 e. The van der Waals surface area contributed by atoms with E-state index in [1.165, 1.54) is 43.2 Å². The number of halogens is 4. The van der Waals surface area contributed by atoms with Crippen LogP contribution in [0.2, 0.25) is 5.02 Å². The van der Waals surface area contributed by atoms with E-state index >= 15 is 0 Å². The van der Waals surface area contributed by atoms with Gasteiger partial charge in [-0.05, 0) is 68.3 Å². The third kappa shape index (κ3) is 8.66. The van der Waals surface area contributed by atoms with Gasteiger partial charge in [-0.1, -0.05) is 54.8 Å². The molecule has 2 amide bonds. The molecule has 238 valence electrons. The van der Waals surface area contributed by atoms with Crippen molar-refractivity contribution in [3.05, 3.63) is 88.4 Å². The highest BCUT2D eigenvalue weighted by molar-refractivity contribution is 7.92. The number of amides is 2. The predicted octanol–water partition coefficient (Wildman–Crippen LogP) is 6.20. The zero-order valence-corrected chi connectivity index (χ0v) is 26.4. The Labute approximate surface area is 260 Å². The van der Waals surface area contributed by atoms with Crippen LogP contribution in [0.4, 0.5) is 18.9 Å². The Hall–Kier alpha value is -3.77. The van der Waals surface area contributed by atoms with Crippen LogP contribution in [0.5, 0.6) is 5.75 Å². The normalized spacial score (nSPS) is 12.4. The highest BCUT2D eigenvalue weighted by atomic mass is 35.5. The van der Waals surface area contributed by atoms with Crippen molar-refractivity contribution in [1.82, 2.24) is 10.2 Å². The highest BCUT2D eigenvalue weighted by Gasteiger charge is 2.37. The third-order valence-electron chi connectivity index (χ3n) is 6.94. The molecule has 0 unspecified atom stereocenters. The first-order chi connectivity index (χ1) is 20.7. The van der Waals surface area contributed by atoms with Gasteiger partial charge < -0.3 is 15.0 Å². The number of alkyl halides is 3. The Kier molecular flexibility index (Phi) is 11.7. The van der Waals surface area contributed by atoms with Gasteiger partial charge >= 0.3 is 6.18 Å². The van der Waals surface area contributed by atoms with Crippen molar-refractivity contribution < 1.29 is 35.9 Å². The molecule has 3 aromatic carbocycles. The van der Waals surface area contributed by atoms with Gasteiger partial charge in [0.1, 0.15) is 18.3 Å². The molecule has 8 nitrogen and oxygen atoms in total. The fourth-order valence-electron chi connectivity index (χ4n) is 4.30. The van der Waals surface area contributed by atoms with E-state index in [4.69, 9.17) is 16.3 Å². The van der Waals surface area contributed by atoms with Gasteiger partial charge in [0.15, 0.2) is 0 Å². The maximum absolute atomic E-state index is 14.0. The molecule has 0 fully saturated rings. The minimum atomic E-state index is -4.89. The molecule has 0 aliphatic carbocycles. The van der Waals surface area contributed by atoms with Crippen LogP contribution < -0.4 is 14.4 Å². The molecule has 0 bridgehead atoms. The lowest BCUT2D eigenvalue weighted by Crippen LogP contribution is -2.51. The predicted molar refractivity (Wildman–Crippen MR) is 163 cm³/mol. The van der Waals surface area contributed by atoms with Gasteiger partial charge in [-0.15, -0.1) is 0 Å². The summed E-state index contributed by atoms with van der Waals surface area (Å²) in [6.45, 7) is 4.61. The Morgan fingerprint density at radius 2 is 1.66 bits per heavy atom. The number of hydrogen-bond acceptors (Lipinski definition) is 5. The minimum absolute atomic E-state index is 0.0853. The summed E-state index contributed by atoms with van der Waals surface area (Å²) >= 11 is 5.81. The van der Waals surface area contributed by atoms with E-state index in [2.05, 4.69) is 5.32 Å². The number of rotatable bonds is 13. The summed E-state index contributed by atoms with van der Waals surface area (Å²) in [7, 11) is -3.06. The van der Waals surface area contributed by atoms with Crippen molar-refractivity contribution >= 4 is 39.1 Å². The average molecular weight is 654 g/mol. The van der Waals surface area contributed by atoms with Gasteiger partial charge in [0.2, 0.25) is 11.8 Å². The van der Waals surface area contributed by atoms with Gasteiger partial charge in [0.25, 0.3) is 10.0 Å². The number of nitrogens with zero attached hydrogens (tertiary/aromatic N) is 2. The van der Waals surface area contributed by atoms with Gasteiger partial charge in [0, 0.05) is 13.1 Å². The van der Waals surface area contributed by atoms with Crippen LogP contribution in [0.1, 0.15) is 43.4 Å². The number of carbonyl (C=O) groups is 2. The van der Waals surface area contributed by atoms with E-state index in [1.54, 1.807) is 31.2 Å². The van der Waals surface area contributed by atoms with Crippen LogP contribution in [0, 0.1) is 6.92 Å². The largest absolute Gasteiger partial charge is 0.497 e. The molecule has 0 saturated carbocycles. The number of unbranched alkanes of at least 4 members (excludes halogenated alkanes) is 1. The van der Waals surface area contributed by atoms with E-state index in [-0.39, 0.29) is 11.4 Å². The van der Waals surface area contributed by atoms with Crippen LogP contribution in [-0.4, -0.2) is 51.4 Å². The molecule has 3 rings (SSSR count). The van der Waals surface area contributed by atoms with Crippen molar-refractivity contribution in [1.29, 1.82) is 0 Å². The SMILES string of the molecule is CCCCNC(=O)[C@@H](C)N(Cc1ccc(OC)cc1)C(=O)CN(c1ccc(Cl)c(C(F)(F)F)c1)S(=O)(=O)c1ccc(C)cc1. The van der Waals surface area contributed by atoms with Crippen LogP contribution in [0.25, 0.3) is 0 Å². The molecular weight excluding hydrogens is 619 g/mol. The molecule has 0 radical (unpaired) electrons. The zero-order chi connectivity index (χ0) is 32.7. The molecule has 1 N–H and O–H groups in total. The molecule has 44 heavy (non-hydrogen) atoms. The number of carbonyl (C=O) groups excluding carboxylic acids is 2. The lowest BCUT2D eigenvalue weighted by Gasteiger charge is -2.32. The summed E-state index contributed by atoms with van der Waals surface area (Å²) in [6, 6.07) is 14.0. The summed E-state index contributed by atoms with van der Waals surface area (Å²) in [4.78, 5) is 28.0. The second kappa shape index (κ2) is 14.8. The number of anilines is 1. The first-order valence-electron chi connectivity index (χ1n) is 13.8. The average Bonchev–Trinajstić information content (AvgIpc) is 2.98. The number of sulfonamides is 1. The summed E-state index contributed by atoms with van der Waals surface area (Å²) in [6.07, 6.45) is -3.34. The molecule has 0 saturated heterocycles. The lowest BCUT2D eigenvalue weighted by molar-refractivity contribution is -0.139. The summed E-state index contributed by atoms with van der Waals surface area (Å²) in [5.41, 5.74) is -0.302. The Bertz CT molecular complexity index is 1550. The fraction of sp³-hybridized carbons (Fsp3) is 0.355. The number of nitrogens with one attached hydrogen (secondary N) is 1. The molecular formula is C31H35ClF3N3O5S. The number of aryl methyl sites for hydroxylation is 1. The molecule has 0 aliphatic heterocycles. The van der Waals surface area contributed by atoms with E-state index in [1.807, 2.05) is 6.92 Å². The number of ether oxygens (including phenoxy) is 1. The Morgan fingerprint density at radius 1 is 1.02 bits per heavy atom. The standard InChI is InChI=1S/C31H35ClF3N3O5S/c1-5-6-17-36-30(40)22(3)37(19-23-9-12-25(43-4)13-10-23)29(39)20-38(44(41,42)26-14-7-21(2)8-15-26)24-11-16-28(32)27(18-24)31(33,34)35/h7-16,18,22H,5-6,17,19-20H2,1-4H3,(H,36,40)/t22-/m1/s1. The van der Waals surface area contributed by atoms with E-state index in [0.29, 0.717) is 34.7 Å². The van der Waals surface area contributed by atoms with Crippen molar-refractivity contribution in [3.63, 3.8) is 0 Å². The Balaban J connectivity index is 2.09. The second-order valence-electron chi connectivity index (χ2n) is 10.2. The number of hydrogen-bond donors (Lipinski definition) is 1.